The van der Waals surface area contributed by atoms with Gasteiger partial charge in [-0.2, -0.15) is 5.10 Å². The van der Waals surface area contributed by atoms with Gasteiger partial charge in [0.25, 0.3) is 0 Å². The predicted molar refractivity (Wildman–Crippen MR) is 133 cm³/mol. The molecule has 0 aliphatic carbocycles. The smallest absolute Gasteiger partial charge is 0.201 e. The third-order valence-corrected chi connectivity index (χ3v) is 6.89. The number of carbonyl (C=O) groups is 1. The quantitative estimate of drug-likeness (QED) is 0.308. The molecular formula is C25H21F2N5O2S. The van der Waals surface area contributed by atoms with E-state index in [-0.39, 0.29) is 11.3 Å². The van der Waals surface area contributed by atoms with Crippen molar-refractivity contribution in [3.63, 3.8) is 0 Å². The van der Waals surface area contributed by atoms with Crippen LogP contribution in [0.2, 0.25) is 0 Å². The Balaban J connectivity index is 1.56. The second kappa shape index (κ2) is 9.03. The van der Waals surface area contributed by atoms with Crippen LogP contribution in [0.15, 0.2) is 55.0 Å². The molecule has 2 N–H and O–H groups in total. The third kappa shape index (κ3) is 4.21. The van der Waals surface area contributed by atoms with Crippen LogP contribution in [0, 0.1) is 11.6 Å². The van der Waals surface area contributed by atoms with E-state index in [4.69, 9.17) is 0 Å². The lowest BCUT2D eigenvalue weighted by Gasteiger charge is -2.10. The molecule has 0 bridgehead atoms. The lowest BCUT2D eigenvalue weighted by atomic mass is 9.99. The minimum Gasteiger partial charge on any atom is -0.345 e. The van der Waals surface area contributed by atoms with E-state index in [0.717, 1.165) is 34.2 Å². The SMILES string of the molecule is CCCS(=O)Nc1ccc(F)c(C(=O)c2c[nH]c3ncc(-c4ccc5cn(C)nc5c4)cc23)c1F. The number of nitrogens with one attached hydrogen (secondary N) is 2. The third-order valence-electron chi connectivity index (χ3n) is 5.66. The molecule has 0 radical (unpaired) electrons. The lowest BCUT2D eigenvalue weighted by Crippen LogP contribution is -2.13. The van der Waals surface area contributed by atoms with Gasteiger partial charge in [-0.1, -0.05) is 19.1 Å². The maximum absolute atomic E-state index is 15.2. The van der Waals surface area contributed by atoms with Crippen LogP contribution in [0.25, 0.3) is 33.1 Å². The molecule has 10 heteroatoms. The molecule has 3 aromatic heterocycles. The Morgan fingerprint density at radius 3 is 2.80 bits per heavy atom. The highest BCUT2D eigenvalue weighted by Crippen LogP contribution is 2.30. The number of rotatable bonds is 7. The van der Waals surface area contributed by atoms with Crippen LogP contribution < -0.4 is 4.72 Å². The van der Waals surface area contributed by atoms with E-state index in [2.05, 4.69) is 19.8 Å². The number of hydrogen-bond donors (Lipinski definition) is 2. The van der Waals surface area contributed by atoms with Crippen molar-refractivity contribution in [2.45, 2.75) is 13.3 Å². The summed E-state index contributed by atoms with van der Waals surface area (Å²) in [6.07, 6.45) is 5.57. The number of anilines is 1. The van der Waals surface area contributed by atoms with Gasteiger partial charge in [-0.05, 0) is 36.2 Å². The number of aryl methyl sites for hydroxylation is 1. The number of fused-ring (bicyclic) bond motifs is 2. The van der Waals surface area contributed by atoms with Gasteiger partial charge >= 0.3 is 0 Å². The van der Waals surface area contributed by atoms with Crippen LogP contribution in [0.3, 0.4) is 0 Å². The minimum absolute atomic E-state index is 0.0814. The molecule has 0 saturated carbocycles. The molecule has 1 atom stereocenters. The second-order valence-corrected chi connectivity index (χ2v) is 9.47. The summed E-state index contributed by atoms with van der Waals surface area (Å²) in [4.78, 5) is 20.6. The molecule has 35 heavy (non-hydrogen) atoms. The van der Waals surface area contributed by atoms with Crippen LogP contribution in [0.1, 0.15) is 29.3 Å². The van der Waals surface area contributed by atoms with Crippen LogP contribution in [-0.4, -0.2) is 35.5 Å². The first-order valence-corrected chi connectivity index (χ1v) is 12.3. The fourth-order valence-corrected chi connectivity index (χ4v) is 4.88. The lowest BCUT2D eigenvalue weighted by molar-refractivity contribution is 0.103. The highest BCUT2D eigenvalue weighted by atomic mass is 32.2. The van der Waals surface area contributed by atoms with Gasteiger partial charge in [0, 0.05) is 53.3 Å². The van der Waals surface area contributed by atoms with Crippen molar-refractivity contribution in [1.82, 2.24) is 19.7 Å². The van der Waals surface area contributed by atoms with Crippen molar-refractivity contribution >= 4 is 44.4 Å². The summed E-state index contributed by atoms with van der Waals surface area (Å²) in [7, 11) is 0.295. The van der Waals surface area contributed by atoms with E-state index in [9.17, 15) is 13.4 Å². The summed E-state index contributed by atoms with van der Waals surface area (Å²) in [5, 5.41) is 5.84. The molecule has 3 heterocycles. The van der Waals surface area contributed by atoms with Crippen LogP contribution in [0.4, 0.5) is 14.5 Å². The molecular weight excluding hydrogens is 472 g/mol. The minimum atomic E-state index is -1.55. The fourth-order valence-electron chi connectivity index (χ4n) is 4.00. The molecule has 5 aromatic rings. The first-order valence-electron chi connectivity index (χ1n) is 10.9. The molecule has 0 spiro atoms. The monoisotopic (exact) mass is 493 g/mol. The van der Waals surface area contributed by atoms with E-state index in [0.29, 0.717) is 23.2 Å². The summed E-state index contributed by atoms with van der Waals surface area (Å²) in [5.41, 5.74) is 1.96. The number of hydrogen-bond acceptors (Lipinski definition) is 4. The Morgan fingerprint density at radius 1 is 1.17 bits per heavy atom. The Bertz CT molecular complexity index is 1630. The van der Waals surface area contributed by atoms with Crippen molar-refractivity contribution in [3.05, 3.63) is 77.8 Å². The fraction of sp³-hybridized carbons (Fsp3) is 0.160. The van der Waals surface area contributed by atoms with E-state index in [1.165, 1.54) is 6.20 Å². The Labute approximate surface area is 201 Å². The zero-order valence-electron chi connectivity index (χ0n) is 18.9. The van der Waals surface area contributed by atoms with Gasteiger partial charge in [0.05, 0.1) is 16.8 Å². The maximum Gasteiger partial charge on any atom is 0.201 e. The normalized spacial score (nSPS) is 12.3. The summed E-state index contributed by atoms with van der Waals surface area (Å²) >= 11 is 0. The average Bonchev–Trinajstić information content (AvgIpc) is 3.42. The molecule has 1 unspecified atom stereocenters. The Kier molecular flexibility index (Phi) is 5.89. The summed E-state index contributed by atoms with van der Waals surface area (Å²) in [5.74, 6) is -2.63. The summed E-state index contributed by atoms with van der Waals surface area (Å²) in [6, 6.07) is 9.66. The number of aromatic nitrogens is 4. The van der Waals surface area contributed by atoms with E-state index >= 15 is 4.39 Å². The topological polar surface area (TPSA) is 92.7 Å². The van der Waals surface area contributed by atoms with Crippen molar-refractivity contribution < 1.29 is 17.8 Å². The Morgan fingerprint density at radius 2 is 2.00 bits per heavy atom. The molecule has 2 aromatic carbocycles. The molecule has 178 valence electrons. The molecule has 0 aliphatic heterocycles. The second-order valence-electron chi connectivity index (χ2n) is 8.16. The van der Waals surface area contributed by atoms with E-state index in [1.54, 1.807) is 16.9 Å². The highest BCUT2D eigenvalue weighted by molar-refractivity contribution is 7.86. The summed E-state index contributed by atoms with van der Waals surface area (Å²) in [6.45, 7) is 1.84. The first kappa shape index (κ1) is 22.9. The van der Waals surface area contributed by atoms with E-state index < -0.39 is 34.0 Å². The number of H-pyrrole nitrogens is 1. The number of aromatic amines is 1. The first-order chi connectivity index (χ1) is 16.9. The van der Waals surface area contributed by atoms with Crippen molar-refractivity contribution in [1.29, 1.82) is 0 Å². The molecule has 7 nitrogen and oxygen atoms in total. The van der Waals surface area contributed by atoms with Gasteiger partial charge in [-0.3, -0.25) is 9.48 Å². The number of halogens is 2. The van der Waals surface area contributed by atoms with Gasteiger partial charge < -0.3 is 9.71 Å². The molecule has 0 amide bonds. The maximum atomic E-state index is 15.2. The van der Waals surface area contributed by atoms with Crippen molar-refractivity contribution in [2.75, 3.05) is 10.5 Å². The summed E-state index contributed by atoms with van der Waals surface area (Å²) < 4.78 is 46.1. The van der Waals surface area contributed by atoms with Gasteiger partial charge in [0.2, 0.25) is 5.78 Å². The zero-order valence-corrected chi connectivity index (χ0v) is 19.7. The Hall–Kier alpha value is -3.92. The van der Waals surface area contributed by atoms with E-state index in [1.807, 2.05) is 38.4 Å². The average molecular weight is 494 g/mol. The van der Waals surface area contributed by atoms with Gasteiger partial charge in [0.15, 0.2) is 5.82 Å². The molecule has 0 aliphatic rings. The molecule has 0 saturated heterocycles. The molecule has 5 rings (SSSR count). The van der Waals surface area contributed by atoms with Crippen LogP contribution in [0.5, 0.6) is 0 Å². The van der Waals surface area contributed by atoms with Gasteiger partial charge in [-0.25, -0.2) is 18.0 Å². The largest absolute Gasteiger partial charge is 0.345 e. The van der Waals surface area contributed by atoms with Gasteiger partial charge in [0.1, 0.15) is 22.5 Å². The zero-order chi connectivity index (χ0) is 24.7. The standard InChI is InChI=1S/C25H21F2N5O2S/c1-3-8-35(34)31-20-7-6-19(26)22(23(20)27)24(33)18-12-29-25-17(18)9-16(11-28-25)14-4-5-15-13-32(2)30-21(15)10-14/h4-7,9-13,31H,3,8H2,1-2H3,(H,28,29). The highest BCUT2D eigenvalue weighted by Gasteiger charge is 2.25. The van der Waals surface area contributed by atoms with Crippen molar-refractivity contribution in [3.8, 4) is 11.1 Å². The number of benzene rings is 2. The van der Waals surface area contributed by atoms with Crippen LogP contribution in [-0.2, 0) is 18.0 Å². The van der Waals surface area contributed by atoms with Crippen molar-refractivity contribution in [2.24, 2.45) is 7.05 Å². The number of nitrogens with zero attached hydrogens (tertiary/aromatic N) is 3. The van der Waals surface area contributed by atoms with Gasteiger partial charge in [-0.15, -0.1) is 0 Å². The number of ketones is 1. The number of pyridine rings is 1. The predicted octanol–water partition coefficient (Wildman–Crippen LogP) is 5.11. The number of carbonyl (C=O) groups excluding carboxylic acids is 1. The van der Waals surface area contributed by atoms with Crippen LogP contribution >= 0.6 is 0 Å². The molecule has 0 fully saturated rings.